The minimum absolute atomic E-state index is 0.00981. The number of likely N-dealkylation sites (tertiary alicyclic amines) is 1. The summed E-state index contributed by atoms with van der Waals surface area (Å²) in [5, 5.41) is 2.96. The molecule has 1 atom stereocenters. The highest BCUT2D eigenvalue weighted by Gasteiger charge is 2.31. The number of carbonyl (C=O) groups is 1. The van der Waals surface area contributed by atoms with Gasteiger partial charge >= 0.3 is 0 Å². The Bertz CT molecular complexity index is 672. The molecule has 1 amide bonds. The van der Waals surface area contributed by atoms with Crippen molar-refractivity contribution in [1.82, 2.24) is 9.88 Å². The molecule has 1 aliphatic rings. The first-order valence-corrected chi connectivity index (χ1v) is 8.55. The molecule has 1 aliphatic heterocycles. The van der Waals surface area contributed by atoms with Crippen LogP contribution in [0.2, 0.25) is 0 Å². The predicted octanol–water partition coefficient (Wildman–Crippen LogP) is 3.53. The Labute approximate surface area is 139 Å². The quantitative estimate of drug-likeness (QED) is 0.859. The number of hydrogen-bond donors (Lipinski definition) is 0. The fourth-order valence-electron chi connectivity index (χ4n) is 2.96. The van der Waals surface area contributed by atoms with Crippen molar-refractivity contribution in [3.05, 3.63) is 40.3 Å². The summed E-state index contributed by atoms with van der Waals surface area (Å²) in [6, 6.07) is 5.37. The normalized spacial score (nSPS) is 17.8. The van der Waals surface area contributed by atoms with E-state index in [1.54, 1.807) is 50.0 Å². The van der Waals surface area contributed by atoms with Crippen LogP contribution >= 0.6 is 11.3 Å². The lowest BCUT2D eigenvalue weighted by atomic mass is 10.0. The van der Waals surface area contributed by atoms with Gasteiger partial charge in [-0.25, -0.2) is 4.98 Å². The number of ether oxygens (including phenoxy) is 2. The zero-order valence-electron chi connectivity index (χ0n) is 13.3. The van der Waals surface area contributed by atoms with Gasteiger partial charge in [0.05, 0.1) is 25.8 Å². The number of piperidine rings is 1. The summed E-state index contributed by atoms with van der Waals surface area (Å²) in [6.45, 7) is 0.748. The second kappa shape index (κ2) is 7.00. The predicted molar refractivity (Wildman–Crippen MR) is 89.3 cm³/mol. The summed E-state index contributed by atoms with van der Waals surface area (Å²) in [6.07, 6.45) is 4.89. The standard InChI is InChI=1S/C17H20N2O3S/c1-21-12-6-7-13(15(11-12)22-2)17(20)19-9-4-3-5-14(19)16-18-8-10-23-16/h6-8,10-11,14H,3-5,9H2,1-2H3/t14-/m0/s1. The maximum Gasteiger partial charge on any atom is 0.258 e. The van der Waals surface area contributed by atoms with Crippen molar-refractivity contribution >= 4 is 17.2 Å². The minimum Gasteiger partial charge on any atom is -0.497 e. The Balaban J connectivity index is 1.91. The topological polar surface area (TPSA) is 51.7 Å². The third-order valence-electron chi connectivity index (χ3n) is 4.14. The van der Waals surface area contributed by atoms with E-state index in [0.717, 1.165) is 30.8 Å². The fourth-order valence-corrected chi connectivity index (χ4v) is 3.75. The van der Waals surface area contributed by atoms with Crippen molar-refractivity contribution in [3.63, 3.8) is 0 Å². The molecule has 122 valence electrons. The number of nitrogens with zero attached hydrogens (tertiary/aromatic N) is 2. The molecule has 1 fully saturated rings. The van der Waals surface area contributed by atoms with Crippen LogP contribution in [0.5, 0.6) is 11.5 Å². The van der Waals surface area contributed by atoms with Gasteiger partial charge < -0.3 is 14.4 Å². The molecule has 1 saturated heterocycles. The molecule has 0 N–H and O–H groups in total. The molecule has 3 rings (SSSR count). The van der Waals surface area contributed by atoms with E-state index in [1.807, 2.05) is 10.3 Å². The molecular formula is C17H20N2O3S. The number of aromatic nitrogens is 1. The van der Waals surface area contributed by atoms with E-state index in [4.69, 9.17) is 9.47 Å². The SMILES string of the molecule is COc1ccc(C(=O)N2CCCC[C@H]2c2nccs2)c(OC)c1. The van der Waals surface area contributed by atoms with E-state index in [-0.39, 0.29) is 11.9 Å². The first-order chi connectivity index (χ1) is 11.2. The fraction of sp³-hybridized carbons (Fsp3) is 0.412. The number of thiazole rings is 1. The first-order valence-electron chi connectivity index (χ1n) is 7.67. The van der Waals surface area contributed by atoms with Crippen molar-refractivity contribution in [2.45, 2.75) is 25.3 Å². The Hall–Kier alpha value is -2.08. The second-order valence-electron chi connectivity index (χ2n) is 5.45. The van der Waals surface area contributed by atoms with Gasteiger partial charge in [-0.05, 0) is 31.4 Å². The smallest absolute Gasteiger partial charge is 0.258 e. The number of benzene rings is 1. The number of rotatable bonds is 4. The molecule has 23 heavy (non-hydrogen) atoms. The molecular weight excluding hydrogens is 312 g/mol. The van der Waals surface area contributed by atoms with E-state index in [0.29, 0.717) is 17.1 Å². The molecule has 0 bridgehead atoms. The molecule has 0 spiro atoms. The lowest BCUT2D eigenvalue weighted by Crippen LogP contribution is -2.38. The molecule has 2 heterocycles. The van der Waals surface area contributed by atoms with Gasteiger partial charge in [0.2, 0.25) is 0 Å². The first kappa shape index (κ1) is 15.8. The van der Waals surface area contributed by atoms with Crippen molar-refractivity contribution in [2.24, 2.45) is 0 Å². The Morgan fingerprint density at radius 2 is 2.17 bits per heavy atom. The largest absolute Gasteiger partial charge is 0.497 e. The summed E-state index contributed by atoms with van der Waals surface area (Å²) in [5.74, 6) is 1.20. The molecule has 5 nitrogen and oxygen atoms in total. The summed E-state index contributed by atoms with van der Waals surface area (Å²) < 4.78 is 10.6. The van der Waals surface area contributed by atoms with E-state index in [9.17, 15) is 4.79 Å². The molecule has 2 aromatic rings. The second-order valence-corrected chi connectivity index (χ2v) is 6.37. The monoisotopic (exact) mass is 332 g/mol. The van der Waals surface area contributed by atoms with Gasteiger partial charge in [0, 0.05) is 24.2 Å². The van der Waals surface area contributed by atoms with Gasteiger partial charge in [-0.2, -0.15) is 0 Å². The van der Waals surface area contributed by atoms with Crippen LogP contribution in [0, 0.1) is 0 Å². The van der Waals surface area contributed by atoms with Crippen LogP contribution in [0.15, 0.2) is 29.8 Å². The molecule has 0 saturated carbocycles. The number of carbonyl (C=O) groups excluding carboxylic acids is 1. The van der Waals surface area contributed by atoms with Crippen molar-refractivity contribution in [1.29, 1.82) is 0 Å². The zero-order valence-corrected chi connectivity index (χ0v) is 14.1. The van der Waals surface area contributed by atoms with Gasteiger partial charge in [-0.15, -0.1) is 11.3 Å². The molecule has 0 unspecified atom stereocenters. The van der Waals surface area contributed by atoms with Crippen LogP contribution in [0.1, 0.15) is 40.7 Å². The van der Waals surface area contributed by atoms with Gasteiger partial charge in [-0.1, -0.05) is 0 Å². The lowest BCUT2D eigenvalue weighted by Gasteiger charge is -2.34. The van der Waals surface area contributed by atoms with Gasteiger partial charge in [0.1, 0.15) is 16.5 Å². The highest BCUT2D eigenvalue weighted by molar-refractivity contribution is 7.09. The van der Waals surface area contributed by atoms with Crippen LogP contribution in [0.25, 0.3) is 0 Å². The van der Waals surface area contributed by atoms with Gasteiger partial charge in [-0.3, -0.25) is 4.79 Å². The Morgan fingerprint density at radius 1 is 1.30 bits per heavy atom. The molecule has 0 radical (unpaired) electrons. The van der Waals surface area contributed by atoms with Crippen LogP contribution in [0.4, 0.5) is 0 Å². The van der Waals surface area contributed by atoms with Crippen molar-refractivity contribution < 1.29 is 14.3 Å². The highest BCUT2D eigenvalue weighted by Crippen LogP contribution is 2.35. The summed E-state index contributed by atoms with van der Waals surface area (Å²) in [4.78, 5) is 19.4. The van der Waals surface area contributed by atoms with E-state index >= 15 is 0 Å². The van der Waals surface area contributed by atoms with E-state index < -0.39 is 0 Å². The molecule has 0 aliphatic carbocycles. The van der Waals surface area contributed by atoms with E-state index in [1.165, 1.54) is 0 Å². The third-order valence-corrected chi connectivity index (χ3v) is 5.02. The number of hydrogen-bond acceptors (Lipinski definition) is 5. The molecule has 1 aromatic heterocycles. The lowest BCUT2D eigenvalue weighted by molar-refractivity contribution is 0.0608. The van der Waals surface area contributed by atoms with Crippen molar-refractivity contribution in [3.8, 4) is 11.5 Å². The van der Waals surface area contributed by atoms with Gasteiger partial charge in [0.15, 0.2) is 0 Å². The van der Waals surface area contributed by atoms with Crippen LogP contribution in [0.3, 0.4) is 0 Å². The van der Waals surface area contributed by atoms with Crippen molar-refractivity contribution in [2.75, 3.05) is 20.8 Å². The van der Waals surface area contributed by atoms with Crippen LogP contribution in [-0.2, 0) is 0 Å². The molecule has 1 aromatic carbocycles. The number of methoxy groups -OCH3 is 2. The Kier molecular flexibility index (Phi) is 4.81. The summed E-state index contributed by atoms with van der Waals surface area (Å²) >= 11 is 1.61. The van der Waals surface area contributed by atoms with Gasteiger partial charge in [0.25, 0.3) is 5.91 Å². The average molecular weight is 332 g/mol. The van der Waals surface area contributed by atoms with E-state index in [2.05, 4.69) is 4.98 Å². The third kappa shape index (κ3) is 3.17. The number of amides is 1. The maximum absolute atomic E-state index is 13.1. The van der Waals surface area contributed by atoms with Crippen LogP contribution in [-0.4, -0.2) is 36.6 Å². The highest BCUT2D eigenvalue weighted by atomic mass is 32.1. The Morgan fingerprint density at radius 3 is 2.87 bits per heavy atom. The minimum atomic E-state index is -0.00981. The summed E-state index contributed by atoms with van der Waals surface area (Å²) in [7, 11) is 3.17. The maximum atomic E-state index is 13.1. The average Bonchev–Trinajstić information content (AvgIpc) is 3.15. The molecule has 6 heteroatoms. The zero-order chi connectivity index (χ0) is 16.2. The van der Waals surface area contributed by atoms with Crippen LogP contribution < -0.4 is 9.47 Å². The summed E-state index contributed by atoms with van der Waals surface area (Å²) in [5.41, 5.74) is 0.566.